The number of anilines is 2. The summed E-state index contributed by atoms with van der Waals surface area (Å²) >= 11 is 0. The minimum absolute atomic E-state index is 0.828. The first-order valence-corrected chi connectivity index (χ1v) is 6.80. The fraction of sp³-hybridized carbons (Fsp3) is 0. The monoisotopic (exact) mass is 273 g/mol. The van der Waals surface area contributed by atoms with Crippen LogP contribution in [0.5, 0.6) is 0 Å². The third-order valence-electron chi connectivity index (χ3n) is 3.01. The van der Waals surface area contributed by atoms with Crippen LogP contribution < -0.4 is 5.01 Å². The Morgan fingerprint density at radius 1 is 0.524 bits per heavy atom. The molecule has 0 unspecified atom stereocenters. The molecule has 0 aliphatic heterocycles. The van der Waals surface area contributed by atoms with Crippen molar-refractivity contribution in [2.75, 3.05) is 5.01 Å². The molecule has 102 valence electrons. The third-order valence-corrected chi connectivity index (χ3v) is 3.01. The van der Waals surface area contributed by atoms with Gasteiger partial charge < -0.3 is 0 Å². The number of hydrogen-bond acceptors (Lipinski definition) is 2. The lowest BCUT2D eigenvalue weighted by Crippen LogP contribution is -2.07. The summed E-state index contributed by atoms with van der Waals surface area (Å²) in [6.45, 7) is 0. The highest BCUT2D eigenvalue weighted by molar-refractivity contribution is 5.61. The van der Waals surface area contributed by atoms with Gasteiger partial charge in [0.25, 0.3) is 0 Å². The SMILES string of the molecule is c1ccc(N=NN(c2ccccc2)c2ccccc2)cc1. The van der Waals surface area contributed by atoms with E-state index >= 15 is 0 Å². The van der Waals surface area contributed by atoms with E-state index in [4.69, 9.17) is 0 Å². The van der Waals surface area contributed by atoms with Gasteiger partial charge in [0.05, 0.1) is 17.1 Å². The van der Waals surface area contributed by atoms with Crippen molar-refractivity contribution in [1.29, 1.82) is 0 Å². The van der Waals surface area contributed by atoms with E-state index in [9.17, 15) is 0 Å². The Kier molecular flexibility index (Phi) is 4.03. The Morgan fingerprint density at radius 3 is 1.43 bits per heavy atom. The van der Waals surface area contributed by atoms with E-state index in [0.717, 1.165) is 17.1 Å². The minimum Gasteiger partial charge on any atom is -0.215 e. The first kappa shape index (κ1) is 13.1. The van der Waals surface area contributed by atoms with Crippen LogP contribution in [0.4, 0.5) is 17.1 Å². The van der Waals surface area contributed by atoms with Crippen molar-refractivity contribution in [2.45, 2.75) is 0 Å². The van der Waals surface area contributed by atoms with Crippen LogP contribution in [0.2, 0.25) is 0 Å². The standard InChI is InChI=1S/C18H15N3/c1-4-10-16(11-5-1)19-20-21(17-12-6-2-7-13-17)18-14-8-3-9-15-18/h1-15H. The summed E-state index contributed by atoms with van der Waals surface area (Å²) < 4.78 is 0. The summed E-state index contributed by atoms with van der Waals surface area (Å²) in [4.78, 5) is 0. The quantitative estimate of drug-likeness (QED) is 0.454. The molecule has 0 aliphatic carbocycles. The molecule has 3 heteroatoms. The fourth-order valence-electron chi connectivity index (χ4n) is 1.98. The predicted molar refractivity (Wildman–Crippen MR) is 86.0 cm³/mol. The average Bonchev–Trinajstić information content (AvgIpc) is 2.58. The van der Waals surface area contributed by atoms with E-state index in [1.165, 1.54) is 0 Å². The van der Waals surface area contributed by atoms with Gasteiger partial charge in [-0.25, -0.2) is 5.01 Å². The van der Waals surface area contributed by atoms with Crippen molar-refractivity contribution in [1.82, 2.24) is 0 Å². The zero-order valence-electron chi connectivity index (χ0n) is 11.5. The topological polar surface area (TPSA) is 28.0 Å². The van der Waals surface area contributed by atoms with Crippen LogP contribution in [0.15, 0.2) is 101 Å². The molecule has 0 bridgehead atoms. The zero-order valence-corrected chi connectivity index (χ0v) is 11.5. The number of benzene rings is 3. The Balaban J connectivity index is 1.96. The molecule has 21 heavy (non-hydrogen) atoms. The molecule has 3 rings (SSSR count). The molecule has 3 aromatic rings. The van der Waals surface area contributed by atoms with E-state index < -0.39 is 0 Å². The summed E-state index contributed by atoms with van der Waals surface area (Å²) in [6.07, 6.45) is 0. The molecule has 0 aliphatic rings. The predicted octanol–water partition coefficient (Wildman–Crippen LogP) is 5.52. The van der Waals surface area contributed by atoms with E-state index in [-0.39, 0.29) is 0 Å². The maximum Gasteiger partial charge on any atom is 0.0874 e. The lowest BCUT2D eigenvalue weighted by Gasteiger charge is -2.17. The molecular weight excluding hydrogens is 258 g/mol. The Morgan fingerprint density at radius 2 is 0.952 bits per heavy atom. The highest BCUT2D eigenvalue weighted by atomic mass is 15.5. The van der Waals surface area contributed by atoms with Gasteiger partial charge in [-0.15, -0.1) is 5.11 Å². The summed E-state index contributed by atoms with van der Waals surface area (Å²) in [5.74, 6) is 0. The van der Waals surface area contributed by atoms with Gasteiger partial charge in [0.15, 0.2) is 0 Å². The van der Waals surface area contributed by atoms with E-state index in [1.807, 2.05) is 96.0 Å². The number of rotatable bonds is 4. The molecule has 0 amide bonds. The van der Waals surface area contributed by atoms with Gasteiger partial charge in [0.1, 0.15) is 0 Å². The summed E-state index contributed by atoms with van der Waals surface area (Å²) in [5, 5.41) is 10.5. The molecule has 0 atom stereocenters. The van der Waals surface area contributed by atoms with E-state index in [0.29, 0.717) is 0 Å². The Bertz CT molecular complexity index is 655. The largest absolute Gasteiger partial charge is 0.215 e. The lowest BCUT2D eigenvalue weighted by molar-refractivity contribution is 0.974. The molecule has 0 saturated carbocycles. The molecule has 0 saturated heterocycles. The highest BCUT2D eigenvalue weighted by Crippen LogP contribution is 2.26. The van der Waals surface area contributed by atoms with Crippen molar-refractivity contribution < 1.29 is 0 Å². The minimum atomic E-state index is 0.828. The van der Waals surface area contributed by atoms with E-state index in [1.54, 1.807) is 0 Å². The zero-order chi connectivity index (χ0) is 14.3. The third kappa shape index (κ3) is 3.34. The van der Waals surface area contributed by atoms with Crippen LogP contribution in [-0.2, 0) is 0 Å². The van der Waals surface area contributed by atoms with Gasteiger partial charge in [-0.05, 0) is 36.4 Å². The highest BCUT2D eigenvalue weighted by Gasteiger charge is 2.07. The average molecular weight is 273 g/mol. The van der Waals surface area contributed by atoms with Crippen LogP contribution in [0, 0.1) is 0 Å². The van der Waals surface area contributed by atoms with Gasteiger partial charge in [-0.1, -0.05) is 59.8 Å². The van der Waals surface area contributed by atoms with Crippen LogP contribution in [0.25, 0.3) is 0 Å². The molecule has 0 aromatic heterocycles. The van der Waals surface area contributed by atoms with Crippen LogP contribution in [-0.4, -0.2) is 0 Å². The van der Waals surface area contributed by atoms with Crippen LogP contribution in [0.3, 0.4) is 0 Å². The normalized spacial score (nSPS) is 10.7. The molecule has 3 nitrogen and oxygen atoms in total. The van der Waals surface area contributed by atoms with Crippen LogP contribution in [0.1, 0.15) is 0 Å². The smallest absolute Gasteiger partial charge is 0.0874 e. The number of nitrogens with zero attached hydrogens (tertiary/aromatic N) is 3. The second kappa shape index (κ2) is 6.48. The summed E-state index contributed by atoms with van der Waals surface area (Å²) in [7, 11) is 0. The van der Waals surface area contributed by atoms with Crippen LogP contribution >= 0.6 is 0 Å². The van der Waals surface area contributed by atoms with Gasteiger partial charge in [0.2, 0.25) is 0 Å². The van der Waals surface area contributed by atoms with E-state index in [2.05, 4.69) is 10.3 Å². The lowest BCUT2D eigenvalue weighted by atomic mass is 10.2. The summed E-state index contributed by atoms with van der Waals surface area (Å²) in [5.41, 5.74) is 2.78. The van der Waals surface area contributed by atoms with Crippen molar-refractivity contribution >= 4 is 17.1 Å². The molecule has 0 N–H and O–H groups in total. The molecular formula is C18H15N3. The molecule has 0 heterocycles. The second-order valence-electron chi connectivity index (χ2n) is 4.51. The van der Waals surface area contributed by atoms with Gasteiger partial charge >= 0.3 is 0 Å². The maximum absolute atomic E-state index is 4.39. The van der Waals surface area contributed by atoms with Crippen molar-refractivity contribution in [2.24, 2.45) is 10.3 Å². The second-order valence-corrected chi connectivity index (χ2v) is 4.51. The first-order chi connectivity index (χ1) is 10.4. The van der Waals surface area contributed by atoms with Gasteiger partial charge in [-0.2, -0.15) is 0 Å². The Hall–Kier alpha value is -2.94. The number of para-hydroxylation sites is 2. The number of hydrogen-bond donors (Lipinski definition) is 0. The Labute approximate surface area is 124 Å². The molecule has 0 spiro atoms. The van der Waals surface area contributed by atoms with Gasteiger partial charge in [0, 0.05) is 0 Å². The van der Waals surface area contributed by atoms with Crippen molar-refractivity contribution in [3.8, 4) is 0 Å². The summed E-state index contributed by atoms with van der Waals surface area (Å²) in [6, 6.07) is 29.7. The van der Waals surface area contributed by atoms with Gasteiger partial charge in [-0.3, -0.25) is 0 Å². The molecule has 0 fully saturated rings. The van der Waals surface area contributed by atoms with Crippen molar-refractivity contribution in [3.63, 3.8) is 0 Å². The molecule has 3 aromatic carbocycles. The molecule has 0 radical (unpaired) electrons. The van der Waals surface area contributed by atoms with Crippen molar-refractivity contribution in [3.05, 3.63) is 91.0 Å². The first-order valence-electron chi connectivity index (χ1n) is 6.80. The maximum atomic E-state index is 4.39. The fourth-order valence-corrected chi connectivity index (χ4v) is 1.98.